The number of carboxylic acid groups (broad SMARTS) is 1. The van der Waals surface area contributed by atoms with Crippen molar-refractivity contribution in [3.63, 3.8) is 0 Å². The average Bonchev–Trinajstić information content (AvgIpc) is 3.78. The van der Waals surface area contributed by atoms with E-state index in [0.717, 1.165) is 91.4 Å². The average molecular weight is 935 g/mol. The van der Waals surface area contributed by atoms with Crippen LogP contribution in [0.25, 0.3) is 21.8 Å². The number of likely N-dealkylation sites (N-methyl/N-ethyl adjacent to an activating group) is 2. The molecule has 0 bridgehead atoms. The molecule has 6 aromatic rings. The van der Waals surface area contributed by atoms with E-state index in [0.29, 0.717) is 17.7 Å². The molecule has 0 atom stereocenters. The summed E-state index contributed by atoms with van der Waals surface area (Å²) in [7, 11) is 7.90. The first-order valence-electron chi connectivity index (χ1n) is 20.5. The fraction of sp³-hybridized carbons (Fsp3) is 0.378. The van der Waals surface area contributed by atoms with Gasteiger partial charge >= 0.3 is 31.6 Å². The van der Waals surface area contributed by atoms with E-state index >= 15 is 0 Å². The van der Waals surface area contributed by atoms with Crippen LogP contribution in [0, 0.1) is 0 Å². The fourth-order valence-corrected chi connectivity index (χ4v) is 7.17. The number of carbonyl (C=O) groups is 2. The van der Waals surface area contributed by atoms with Gasteiger partial charge in [-0.15, -0.1) is 26.3 Å². The number of alkyl halides is 6. The van der Waals surface area contributed by atoms with Gasteiger partial charge in [0, 0.05) is 95.9 Å². The van der Waals surface area contributed by atoms with E-state index < -0.39 is 18.7 Å². The Balaban J connectivity index is 0.000000239. The number of halogens is 6. The number of nitrogens with one attached hydrogen (secondary N) is 1. The molecule has 67 heavy (non-hydrogen) atoms. The molecule has 2 aliphatic rings. The Kier molecular flexibility index (Phi) is 18.5. The molecule has 22 heteroatoms. The van der Waals surface area contributed by atoms with Crippen molar-refractivity contribution in [2.75, 3.05) is 76.3 Å². The number of nitrogens with two attached hydrogens (primary N) is 1. The van der Waals surface area contributed by atoms with Crippen molar-refractivity contribution in [1.29, 1.82) is 0 Å². The first kappa shape index (κ1) is 53.6. The molecule has 2 aromatic heterocycles. The number of aromatic carboxylic acids is 1. The van der Waals surface area contributed by atoms with Crippen molar-refractivity contribution in [3.05, 3.63) is 107 Å². The predicted octanol–water partition coefficient (Wildman–Crippen LogP) is 2.53. The SMILES string of the molecule is C.CN1CCN(c2nn(C)c3cc(C(=O)NCc4ccc(OC(F)(F)F)cc4)ccc23)CC1.CN1CCN(c2nn(C)c3cc(C(=O)[O-])ccc23)CC1.NCc1ccc(OC(F)(F)F)cc1.[Li+]. The van der Waals surface area contributed by atoms with Crippen molar-refractivity contribution in [2.45, 2.75) is 33.2 Å². The molecular formula is C45H53F6LiN10O5. The van der Waals surface area contributed by atoms with Gasteiger partial charge in [0.25, 0.3) is 5.91 Å². The first-order valence-corrected chi connectivity index (χ1v) is 20.5. The normalized spacial score (nSPS) is 14.5. The number of anilines is 2. The maximum absolute atomic E-state index is 12.6. The number of rotatable bonds is 9. The number of carboxylic acids is 1. The summed E-state index contributed by atoms with van der Waals surface area (Å²) in [5.74, 6) is -0.113. The van der Waals surface area contributed by atoms with Crippen LogP contribution in [0.3, 0.4) is 0 Å². The molecule has 0 saturated carbocycles. The van der Waals surface area contributed by atoms with Crippen molar-refractivity contribution < 1.29 is 69.4 Å². The number of hydrogen-bond donors (Lipinski definition) is 2. The van der Waals surface area contributed by atoms with Gasteiger partial charge in [0.1, 0.15) is 11.5 Å². The molecular weight excluding hydrogens is 881 g/mol. The standard InChI is InChI=1S/C22H24F3N5O2.C14H18N4O2.C8H8F3NO.CH4.Li/c1-28-9-11-30(12-10-28)20-18-8-5-16(13-19(18)29(2)27-20)21(31)26-14-15-3-6-17(7-4-15)32-22(23,24)25;1-16-5-7-18(8-6-16)13-11-4-3-10(14(19)20)9-12(11)17(2)15-13;9-8(10,11)13-7-3-1-6(5-12)2-4-7;;/h3-8,13H,9-12,14H2,1-2H3,(H,26,31);3-4,9H,5-8H2,1-2H3,(H,19,20);1-4H,5,12H2;1H4;/q;;;;+1/p-1. The molecule has 0 radical (unpaired) electrons. The molecule has 3 N–H and O–H groups in total. The van der Waals surface area contributed by atoms with Crippen LogP contribution in [0.15, 0.2) is 84.9 Å². The van der Waals surface area contributed by atoms with Crippen LogP contribution in [0.2, 0.25) is 0 Å². The number of carbonyl (C=O) groups excluding carboxylic acids is 2. The number of piperazine rings is 2. The third kappa shape index (κ3) is 14.8. The summed E-state index contributed by atoms with van der Waals surface area (Å²) in [5, 5.41) is 24.9. The smallest absolute Gasteiger partial charge is 0.545 e. The minimum Gasteiger partial charge on any atom is -0.545 e. The third-order valence-corrected chi connectivity index (χ3v) is 10.8. The summed E-state index contributed by atoms with van der Waals surface area (Å²) < 4.78 is 82.8. The third-order valence-electron chi connectivity index (χ3n) is 10.8. The summed E-state index contributed by atoms with van der Waals surface area (Å²) in [4.78, 5) is 32.7. The zero-order valence-corrected chi connectivity index (χ0v) is 37.1. The first-order chi connectivity index (χ1) is 30.8. The fourth-order valence-electron chi connectivity index (χ4n) is 7.17. The molecule has 0 unspecified atom stereocenters. The van der Waals surface area contributed by atoms with Crippen LogP contribution in [0.1, 0.15) is 39.3 Å². The molecule has 1 amide bonds. The van der Waals surface area contributed by atoms with Gasteiger partial charge in [0.2, 0.25) is 0 Å². The van der Waals surface area contributed by atoms with Crippen molar-refractivity contribution in [1.82, 2.24) is 34.7 Å². The number of fused-ring (bicyclic) bond motifs is 2. The summed E-state index contributed by atoms with van der Waals surface area (Å²) in [6, 6.07) is 21.3. The summed E-state index contributed by atoms with van der Waals surface area (Å²) >= 11 is 0. The molecule has 356 valence electrons. The predicted molar refractivity (Wildman–Crippen MR) is 237 cm³/mol. The van der Waals surface area contributed by atoms with Crippen molar-refractivity contribution >= 4 is 45.3 Å². The van der Waals surface area contributed by atoms with Crippen LogP contribution in [-0.2, 0) is 27.2 Å². The van der Waals surface area contributed by atoms with Crippen molar-refractivity contribution in [3.8, 4) is 11.5 Å². The Hall–Kier alpha value is -5.98. The Bertz CT molecular complexity index is 2560. The van der Waals surface area contributed by atoms with Gasteiger partial charge in [-0.1, -0.05) is 37.8 Å². The summed E-state index contributed by atoms with van der Waals surface area (Å²) in [5.41, 5.74) is 9.04. The van der Waals surface area contributed by atoms with E-state index in [1.165, 1.54) is 48.5 Å². The zero-order chi connectivity index (χ0) is 47.1. The minimum atomic E-state index is -4.73. The largest absolute Gasteiger partial charge is 1.00 e. The number of nitrogens with zero attached hydrogens (tertiary/aromatic N) is 8. The Morgan fingerprint density at radius 1 is 0.627 bits per heavy atom. The van der Waals surface area contributed by atoms with Gasteiger partial charge < -0.3 is 50.0 Å². The van der Waals surface area contributed by atoms with E-state index in [2.05, 4.69) is 58.7 Å². The molecule has 2 saturated heterocycles. The molecule has 8 rings (SSSR count). The monoisotopic (exact) mass is 934 g/mol. The van der Waals surface area contributed by atoms with Gasteiger partial charge in [-0.25, -0.2) is 0 Å². The number of benzene rings is 4. The second kappa shape index (κ2) is 23.2. The molecule has 4 aromatic carbocycles. The Labute approximate surface area is 396 Å². The molecule has 2 fully saturated rings. The molecule has 15 nitrogen and oxygen atoms in total. The maximum atomic E-state index is 12.6. The van der Waals surface area contributed by atoms with Crippen LogP contribution < -0.4 is 54.3 Å². The number of hydrogen-bond acceptors (Lipinski definition) is 12. The van der Waals surface area contributed by atoms with Gasteiger partial charge in [-0.3, -0.25) is 14.2 Å². The number of amides is 1. The molecule has 4 heterocycles. The number of aryl methyl sites for hydroxylation is 2. The molecule has 2 aliphatic heterocycles. The van der Waals surface area contributed by atoms with Crippen LogP contribution in [-0.4, -0.2) is 120 Å². The quantitative estimate of drug-likeness (QED) is 0.161. The summed E-state index contributed by atoms with van der Waals surface area (Å²) in [6.45, 7) is 8.12. The topological polar surface area (TPSA) is 162 Å². The van der Waals surface area contributed by atoms with E-state index in [4.69, 9.17) is 5.73 Å². The maximum Gasteiger partial charge on any atom is 1.00 e. The molecule has 0 spiro atoms. The van der Waals surface area contributed by atoms with Crippen molar-refractivity contribution in [2.24, 2.45) is 19.8 Å². The molecule has 0 aliphatic carbocycles. The number of ether oxygens (including phenoxy) is 2. The van der Waals surface area contributed by atoms with Gasteiger partial charge in [-0.2, -0.15) is 10.2 Å². The Morgan fingerprint density at radius 3 is 1.40 bits per heavy atom. The van der Waals surface area contributed by atoms with Crippen LogP contribution in [0.4, 0.5) is 38.0 Å². The van der Waals surface area contributed by atoms with Gasteiger partial charge in [-0.05, 0) is 85.4 Å². The number of aromatic nitrogens is 4. The van der Waals surface area contributed by atoms with Gasteiger partial charge in [0.15, 0.2) is 11.6 Å². The minimum absolute atomic E-state index is 0. The summed E-state index contributed by atoms with van der Waals surface area (Å²) in [6.07, 6.45) is -9.37. The Morgan fingerprint density at radius 2 is 1.01 bits per heavy atom. The van der Waals surface area contributed by atoms with E-state index in [1.807, 2.05) is 26.2 Å². The van der Waals surface area contributed by atoms with E-state index in [9.17, 15) is 41.0 Å². The van der Waals surface area contributed by atoms with Crippen LogP contribution in [0.5, 0.6) is 11.5 Å². The zero-order valence-electron chi connectivity index (χ0n) is 37.1. The van der Waals surface area contributed by atoms with Crippen LogP contribution >= 0.6 is 0 Å². The second-order valence-corrected chi connectivity index (χ2v) is 15.5. The van der Waals surface area contributed by atoms with Gasteiger partial charge in [0.05, 0.1) is 17.0 Å². The van der Waals surface area contributed by atoms with E-state index in [-0.39, 0.29) is 55.8 Å². The van der Waals surface area contributed by atoms with E-state index in [1.54, 1.807) is 33.6 Å². The second-order valence-electron chi connectivity index (χ2n) is 15.5.